The van der Waals surface area contributed by atoms with Gasteiger partial charge in [-0.2, -0.15) is 0 Å². The van der Waals surface area contributed by atoms with E-state index in [1.165, 1.54) is 6.07 Å². The number of carbonyl (C=O) groups is 1. The second kappa shape index (κ2) is 7.65. The molecule has 0 spiro atoms. The predicted molar refractivity (Wildman–Crippen MR) is 94.3 cm³/mol. The maximum atomic E-state index is 12.4. The average molecular weight is 345 g/mol. The molecule has 1 heterocycles. The number of nitro groups is 1. The van der Waals surface area contributed by atoms with Crippen LogP contribution in [0.3, 0.4) is 0 Å². The maximum absolute atomic E-state index is 12.4. The van der Waals surface area contributed by atoms with Crippen LogP contribution in [0.4, 0.5) is 11.4 Å². The molecule has 2 N–H and O–H groups in total. The fourth-order valence-electron chi connectivity index (χ4n) is 3.59. The number of nitrogens with one attached hydrogen (secondary N) is 1. The lowest BCUT2D eigenvalue weighted by molar-refractivity contribution is -0.384. The normalized spacial score (nSPS) is 23.6. The van der Waals surface area contributed by atoms with Crippen LogP contribution >= 0.6 is 0 Å². The van der Waals surface area contributed by atoms with Gasteiger partial charge in [0.25, 0.3) is 5.69 Å². The number of piperidine rings is 1. The van der Waals surface area contributed by atoms with Gasteiger partial charge in [-0.3, -0.25) is 14.9 Å². The molecule has 25 heavy (non-hydrogen) atoms. The summed E-state index contributed by atoms with van der Waals surface area (Å²) in [4.78, 5) is 25.2. The topological polar surface area (TPSA) is 95.7 Å². The highest BCUT2D eigenvalue weighted by atomic mass is 16.6. The van der Waals surface area contributed by atoms with Gasteiger partial charge < -0.3 is 15.3 Å². The van der Waals surface area contributed by atoms with Gasteiger partial charge >= 0.3 is 0 Å². The zero-order valence-corrected chi connectivity index (χ0v) is 14.0. The molecule has 1 amide bonds. The number of hydrogen-bond donors (Lipinski definition) is 2. The Labute approximate surface area is 146 Å². The van der Waals surface area contributed by atoms with Crippen molar-refractivity contribution in [3.8, 4) is 0 Å². The Balaban J connectivity index is 1.55. The van der Waals surface area contributed by atoms with E-state index >= 15 is 0 Å². The summed E-state index contributed by atoms with van der Waals surface area (Å²) in [6.07, 6.45) is 6.00. The van der Waals surface area contributed by atoms with Gasteiger partial charge in [0, 0.05) is 43.6 Å². The minimum absolute atomic E-state index is 0.00195. The lowest BCUT2D eigenvalue weighted by atomic mass is 9.95. The second-order valence-corrected chi connectivity index (χ2v) is 6.69. The number of aliphatic hydroxyl groups excluding tert-OH is 1. The molecule has 7 nitrogen and oxygen atoms in total. The molecule has 1 aliphatic heterocycles. The summed E-state index contributed by atoms with van der Waals surface area (Å²) in [5.74, 6) is 0.0989. The standard InChI is InChI=1S/C18H23N3O4/c22-12-13-5-6-15(11-13)19-18(23)14-7-9-20(10-8-14)16-3-1-2-4-17(16)21(24)25/h1-6,13-15,22H,7-12H2,(H,19,23)/t13-,15+/m0/s1. The van der Waals surface area contributed by atoms with Crippen molar-refractivity contribution in [3.63, 3.8) is 0 Å². The Morgan fingerprint density at radius 2 is 2.00 bits per heavy atom. The van der Waals surface area contributed by atoms with Gasteiger partial charge in [-0.05, 0) is 25.3 Å². The summed E-state index contributed by atoms with van der Waals surface area (Å²) in [6, 6.07) is 6.73. The SMILES string of the molecule is O=C(N[C@@H]1C=C[C@H](CO)C1)C1CCN(c2ccccc2[N+](=O)[O-])CC1. The number of rotatable bonds is 5. The Hall–Kier alpha value is -2.41. The Morgan fingerprint density at radius 3 is 2.64 bits per heavy atom. The summed E-state index contributed by atoms with van der Waals surface area (Å²) in [7, 11) is 0. The Morgan fingerprint density at radius 1 is 1.28 bits per heavy atom. The highest BCUT2D eigenvalue weighted by Gasteiger charge is 2.29. The summed E-state index contributed by atoms with van der Waals surface area (Å²) in [5, 5.41) is 23.4. The molecule has 0 bridgehead atoms. The van der Waals surface area contributed by atoms with Crippen molar-refractivity contribution in [1.82, 2.24) is 5.32 Å². The van der Waals surface area contributed by atoms with Crippen molar-refractivity contribution in [2.24, 2.45) is 11.8 Å². The van der Waals surface area contributed by atoms with Crippen LogP contribution in [0.5, 0.6) is 0 Å². The highest BCUT2D eigenvalue weighted by molar-refractivity contribution is 5.79. The summed E-state index contributed by atoms with van der Waals surface area (Å²) >= 11 is 0. The van der Waals surface area contributed by atoms with Crippen LogP contribution < -0.4 is 10.2 Å². The Bertz CT molecular complexity index is 668. The first-order chi connectivity index (χ1) is 12.1. The number of anilines is 1. The smallest absolute Gasteiger partial charge is 0.292 e. The third kappa shape index (κ3) is 3.99. The molecule has 2 aliphatic rings. The molecule has 0 radical (unpaired) electrons. The van der Waals surface area contributed by atoms with Crippen LogP contribution in [0.2, 0.25) is 0 Å². The number of carbonyl (C=O) groups excluding carboxylic acids is 1. The van der Waals surface area contributed by atoms with Crippen LogP contribution in [0.25, 0.3) is 0 Å². The fraction of sp³-hybridized carbons (Fsp3) is 0.500. The number of hydrogen-bond acceptors (Lipinski definition) is 5. The fourth-order valence-corrected chi connectivity index (χ4v) is 3.59. The van der Waals surface area contributed by atoms with Gasteiger partial charge in [0.1, 0.15) is 5.69 Å². The van der Waals surface area contributed by atoms with Crippen LogP contribution in [-0.2, 0) is 4.79 Å². The van der Waals surface area contributed by atoms with Crippen molar-refractivity contribution in [2.75, 3.05) is 24.6 Å². The monoisotopic (exact) mass is 345 g/mol. The van der Waals surface area contributed by atoms with Crippen molar-refractivity contribution >= 4 is 17.3 Å². The zero-order chi connectivity index (χ0) is 17.8. The first kappa shape index (κ1) is 17.4. The summed E-state index contributed by atoms with van der Waals surface area (Å²) < 4.78 is 0. The van der Waals surface area contributed by atoms with E-state index in [0.29, 0.717) is 31.6 Å². The summed E-state index contributed by atoms with van der Waals surface area (Å²) in [5.41, 5.74) is 0.729. The lowest BCUT2D eigenvalue weighted by Gasteiger charge is -2.33. The Kier molecular flexibility index (Phi) is 5.33. The van der Waals surface area contributed by atoms with E-state index < -0.39 is 0 Å². The van der Waals surface area contributed by atoms with E-state index in [9.17, 15) is 14.9 Å². The minimum atomic E-state index is -0.363. The lowest BCUT2D eigenvalue weighted by Crippen LogP contribution is -2.43. The van der Waals surface area contributed by atoms with Crippen LogP contribution in [0.15, 0.2) is 36.4 Å². The van der Waals surface area contributed by atoms with Crippen LogP contribution in [0, 0.1) is 22.0 Å². The van der Waals surface area contributed by atoms with Gasteiger partial charge in [0.05, 0.1) is 4.92 Å². The molecule has 2 atom stereocenters. The third-order valence-corrected chi connectivity index (χ3v) is 5.02. The minimum Gasteiger partial charge on any atom is -0.396 e. The summed E-state index contributed by atoms with van der Waals surface area (Å²) in [6.45, 7) is 1.36. The first-order valence-electron chi connectivity index (χ1n) is 8.66. The number of amides is 1. The molecular weight excluding hydrogens is 322 g/mol. The van der Waals surface area contributed by atoms with E-state index in [1.807, 2.05) is 17.1 Å². The second-order valence-electron chi connectivity index (χ2n) is 6.69. The number of benzene rings is 1. The molecule has 0 saturated carbocycles. The van der Waals surface area contributed by atoms with E-state index in [-0.39, 0.29) is 41.0 Å². The number of nitrogens with zero attached hydrogens (tertiary/aromatic N) is 2. The van der Waals surface area contributed by atoms with Crippen molar-refractivity contribution in [3.05, 3.63) is 46.5 Å². The molecule has 0 aromatic heterocycles. The van der Waals surface area contributed by atoms with Gasteiger partial charge in [-0.15, -0.1) is 0 Å². The molecule has 1 saturated heterocycles. The van der Waals surface area contributed by atoms with Crippen molar-refractivity contribution in [2.45, 2.75) is 25.3 Å². The van der Waals surface area contributed by atoms with Gasteiger partial charge in [-0.25, -0.2) is 0 Å². The van der Waals surface area contributed by atoms with E-state index in [2.05, 4.69) is 5.32 Å². The largest absolute Gasteiger partial charge is 0.396 e. The highest BCUT2D eigenvalue weighted by Crippen LogP contribution is 2.31. The van der Waals surface area contributed by atoms with E-state index in [1.54, 1.807) is 18.2 Å². The molecule has 134 valence electrons. The van der Waals surface area contributed by atoms with Crippen molar-refractivity contribution < 1.29 is 14.8 Å². The third-order valence-electron chi connectivity index (χ3n) is 5.02. The van der Waals surface area contributed by atoms with Gasteiger partial charge in [0.15, 0.2) is 0 Å². The molecule has 1 aromatic carbocycles. The molecular formula is C18H23N3O4. The average Bonchev–Trinajstić information content (AvgIpc) is 3.09. The first-order valence-corrected chi connectivity index (χ1v) is 8.66. The predicted octanol–water partition coefficient (Wildman–Crippen LogP) is 1.86. The quantitative estimate of drug-likeness (QED) is 0.482. The maximum Gasteiger partial charge on any atom is 0.292 e. The molecule has 1 aliphatic carbocycles. The molecule has 1 aromatic rings. The number of aliphatic hydroxyl groups is 1. The van der Waals surface area contributed by atoms with Crippen LogP contribution in [-0.4, -0.2) is 41.7 Å². The zero-order valence-electron chi connectivity index (χ0n) is 14.0. The number of nitro benzene ring substituents is 1. The number of para-hydroxylation sites is 2. The van der Waals surface area contributed by atoms with Gasteiger partial charge in [0.2, 0.25) is 5.91 Å². The molecule has 0 unspecified atom stereocenters. The van der Waals surface area contributed by atoms with E-state index in [4.69, 9.17) is 5.11 Å². The van der Waals surface area contributed by atoms with Crippen molar-refractivity contribution in [1.29, 1.82) is 0 Å². The molecule has 3 rings (SSSR count). The van der Waals surface area contributed by atoms with Crippen LogP contribution in [0.1, 0.15) is 19.3 Å². The molecule has 7 heteroatoms. The van der Waals surface area contributed by atoms with Gasteiger partial charge in [-0.1, -0.05) is 24.3 Å². The molecule has 1 fully saturated rings. The van der Waals surface area contributed by atoms with E-state index in [0.717, 1.165) is 6.42 Å².